The van der Waals surface area contributed by atoms with Gasteiger partial charge in [0, 0.05) is 33.1 Å². The third kappa shape index (κ3) is 3.97. The fourth-order valence-electron chi connectivity index (χ4n) is 2.84. The highest BCUT2D eigenvalue weighted by atomic mass is 16.5. The summed E-state index contributed by atoms with van der Waals surface area (Å²) >= 11 is 0. The molecule has 1 atom stereocenters. The summed E-state index contributed by atoms with van der Waals surface area (Å²) in [5.41, 5.74) is 1.26. The highest BCUT2D eigenvalue weighted by Crippen LogP contribution is 2.19. The second-order valence-electron chi connectivity index (χ2n) is 5.73. The van der Waals surface area contributed by atoms with Gasteiger partial charge in [-0.05, 0) is 37.1 Å². The van der Waals surface area contributed by atoms with E-state index in [1.807, 2.05) is 24.1 Å². The van der Waals surface area contributed by atoms with Crippen LogP contribution in [0.5, 0.6) is 5.75 Å². The molecule has 0 radical (unpaired) electrons. The number of nitrogens with zero attached hydrogens (tertiary/aromatic N) is 2. The summed E-state index contributed by atoms with van der Waals surface area (Å²) in [6.07, 6.45) is 1.69. The number of rotatable bonds is 5. The van der Waals surface area contributed by atoms with E-state index in [0.29, 0.717) is 12.3 Å². The molecule has 0 bridgehead atoms. The Labute approximate surface area is 121 Å². The van der Waals surface area contributed by atoms with E-state index in [2.05, 4.69) is 24.1 Å². The lowest BCUT2D eigenvalue weighted by Gasteiger charge is -2.32. The second-order valence-corrected chi connectivity index (χ2v) is 5.73. The predicted octanol–water partition coefficient (Wildman–Crippen LogP) is 2.00. The van der Waals surface area contributed by atoms with Crippen LogP contribution >= 0.6 is 0 Å². The van der Waals surface area contributed by atoms with Gasteiger partial charge < -0.3 is 14.5 Å². The maximum Gasteiger partial charge on any atom is 0.222 e. The van der Waals surface area contributed by atoms with Gasteiger partial charge in [0.2, 0.25) is 5.91 Å². The number of amides is 1. The molecule has 0 saturated carbocycles. The van der Waals surface area contributed by atoms with Crippen molar-refractivity contribution in [3.05, 3.63) is 29.8 Å². The van der Waals surface area contributed by atoms with Crippen LogP contribution in [0.4, 0.5) is 0 Å². The van der Waals surface area contributed by atoms with E-state index < -0.39 is 0 Å². The Morgan fingerprint density at radius 2 is 2.25 bits per heavy atom. The molecule has 110 valence electrons. The van der Waals surface area contributed by atoms with Crippen LogP contribution in [-0.4, -0.2) is 50.0 Å². The normalized spacial score (nSPS) is 19.5. The number of methoxy groups -OCH3 is 1. The van der Waals surface area contributed by atoms with Crippen molar-refractivity contribution in [3.8, 4) is 5.75 Å². The third-order valence-corrected chi connectivity index (χ3v) is 3.88. The zero-order valence-corrected chi connectivity index (χ0v) is 12.6. The Bertz CT molecular complexity index is 462. The Morgan fingerprint density at radius 3 is 2.95 bits per heavy atom. The summed E-state index contributed by atoms with van der Waals surface area (Å²) in [7, 11) is 5.73. The van der Waals surface area contributed by atoms with Crippen molar-refractivity contribution in [1.29, 1.82) is 0 Å². The molecule has 0 aliphatic carbocycles. The summed E-state index contributed by atoms with van der Waals surface area (Å²) in [6, 6.07) is 8.18. The summed E-state index contributed by atoms with van der Waals surface area (Å²) in [5.74, 6) is 1.75. The number of likely N-dealkylation sites (tertiary alicyclic amines) is 1. The minimum Gasteiger partial charge on any atom is -0.497 e. The van der Waals surface area contributed by atoms with Gasteiger partial charge in [-0.15, -0.1) is 0 Å². The van der Waals surface area contributed by atoms with Gasteiger partial charge in [-0.25, -0.2) is 0 Å². The molecule has 4 heteroatoms. The average molecular weight is 276 g/mol. The first-order chi connectivity index (χ1) is 9.58. The van der Waals surface area contributed by atoms with Crippen LogP contribution in [0.15, 0.2) is 24.3 Å². The van der Waals surface area contributed by atoms with Crippen LogP contribution in [0.1, 0.15) is 18.4 Å². The maximum atomic E-state index is 11.5. The summed E-state index contributed by atoms with van der Waals surface area (Å²) < 4.78 is 5.25. The van der Waals surface area contributed by atoms with Gasteiger partial charge in [0.05, 0.1) is 7.11 Å². The van der Waals surface area contributed by atoms with Crippen molar-refractivity contribution < 1.29 is 9.53 Å². The second kappa shape index (κ2) is 6.75. The molecule has 1 saturated heterocycles. The fourth-order valence-corrected chi connectivity index (χ4v) is 2.84. The zero-order valence-electron chi connectivity index (χ0n) is 12.6. The summed E-state index contributed by atoms with van der Waals surface area (Å²) in [4.78, 5) is 15.7. The van der Waals surface area contributed by atoms with E-state index in [1.54, 1.807) is 7.11 Å². The number of piperidine rings is 1. The van der Waals surface area contributed by atoms with Gasteiger partial charge in [-0.1, -0.05) is 12.1 Å². The molecular weight excluding hydrogens is 252 g/mol. The van der Waals surface area contributed by atoms with Gasteiger partial charge >= 0.3 is 0 Å². The molecular formula is C16H24N2O2. The molecule has 2 rings (SSSR count). The number of ether oxygens (including phenoxy) is 1. The Balaban J connectivity index is 1.85. The Hall–Kier alpha value is -1.55. The van der Waals surface area contributed by atoms with E-state index in [0.717, 1.165) is 31.8 Å². The van der Waals surface area contributed by atoms with Crippen molar-refractivity contribution in [2.24, 2.45) is 5.92 Å². The highest BCUT2D eigenvalue weighted by molar-refractivity contribution is 5.76. The fraction of sp³-hybridized carbons (Fsp3) is 0.562. The lowest BCUT2D eigenvalue weighted by atomic mass is 9.97. The van der Waals surface area contributed by atoms with Crippen molar-refractivity contribution in [3.63, 3.8) is 0 Å². The van der Waals surface area contributed by atoms with Crippen LogP contribution in [0.25, 0.3) is 0 Å². The van der Waals surface area contributed by atoms with Gasteiger partial charge in [0.25, 0.3) is 0 Å². The van der Waals surface area contributed by atoms with Crippen LogP contribution in [-0.2, 0) is 11.3 Å². The molecule has 4 nitrogen and oxygen atoms in total. The van der Waals surface area contributed by atoms with Crippen molar-refractivity contribution in [1.82, 2.24) is 9.80 Å². The van der Waals surface area contributed by atoms with Gasteiger partial charge in [-0.2, -0.15) is 0 Å². The van der Waals surface area contributed by atoms with E-state index in [9.17, 15) is 4.79 Å². The minimum atomic E-state index is 0.275. The maximum absolute atomic E-state index is 11.5. The number of carbonyl (C=O) groups is 1. The van der Waals surface area contributed by atoms with Crippen LogP contribution in [0.2, 0.25) is 0 Å². The molecule has 0 aromatic heterocycles. The molecule has 1 fully saturated rings. The average Bonchev–Trinajstić information content (AvgIpc) is 2.43. The quantitative estimate of drug-likeness (QED) is 0.824. The molecule has 1 aromatic carbocycles. The first-order valence-corrected chi connectivity index (χ1v) is 7.14. The summed E-state index contributed by atoms with van der Waals surface area (Å²) in [5, 5.41) is 0. The van der Waals surface area contributed by atoms with Crippen molar-refractivity contribution >= 4 is 5.91 Å². The van der Waals surface area contributed by atoms with Gasteiger partial charge in [-0.3, -0.25) is 4.79 Å². The minimum absolute atomic E-state index is 0.275. The van der Waals surface area contributed by atoms with Gasteiger partial charge in [0.15, 0.2) is 0 Å². The summed E-state index contributed by atoms with van der Waals surface area (Å²) in [6.45, 7) is 2.81. The molecule has 1 aliphatic rings. The molecule has 1 unspecified atom stereocenters. The molecule has 1 heterocycles. The topological polar surface area (TPSA) is 32.8 Å². The van der Waals surface area contributed by atoms with E-state index in [4.69, 9.17) is 4.74 Å². The van der Waals surface area contributed by atoms with E-state index >= 15 is 0 Å². The molecule has 1 aliphatic heterocycles. The highest BCUT2D eigenvalue weighted by Gasteiger charge is 2.23. The Morgan fingerprint density at radius 1 is 1.45 bits per heavy atom. The largest absolute Gasteiger partial charge is 0.497 e. The molecule has 1 aromatic rings. The number of benzene rings is 1. The SMILES string of the molecule is COc1cccc(CN(C)CC2CCC(=O)N(C)C2)c1. The lowest BCUT2D eigenvalue weighted by Crippen LogP contribution is -2.41. The van der Waals surface area contributed by atoms with E-state index in [1.165, 1.54) is 5.56 Å². The monoisotopic (exact) mass is 276 g/mol. The first kappa shape index (κ1) is 14.9. The first-order valence-electron chi connectivity index (χ1n) is 7.14. The van der Waals surface area contributed by atoms with E-state index in [-0.39, 0.29) is 5.91 Å². The van der Waals surface area contributed by atoms with Crippen LogP contribution in [0.3, 0.4) is 0 Å². The third-order valence-electron chi connectivity index (χ3n) is 3.88. The predicted molar refractivity (Wildman–Crippen MR) is 79.7 cm³/mol. The Kier molecular flexibility index (Phi) is 5.01. The molecule has 0 N–H and O–H groups in total. The van der Waals surface area contributed by atoms with Crippen molar-refractivity contribution in [2.45, 2.75) is 19.4 Å². The van der Waals surface area contributed by atoms with Crippen LogP contribution in [0, 0.1) is 5.92 Å². The number of hydrogen-bond acceptors (Lipinski definition) is 3. The number of carbonyl (C=O) groups excluding carboxylic acids is 1. The molecule has 1 amide bonds. The smallest absolute Gasteiger partial charge is 0.222 e. The van der Waals surface area contributed by atoms with Gasteiger partial charge in [0.1, 0.15) is 5.75 Å². The lowest BCUT2D eigenvalue weighted by molar-refractivity contribution is -0.133. The molecule has 0 spiro atoms. The number of hydrogen-bond donors (Lipinski definition) is 0. The van der Waals surface area contributed by atoms with Crippen molar-refractivity contribution in [2.75, 3.05) is 34.3 Å². The van der Waals surface area contributed by atoms with Crippen LogP contribution < -0.4 is 4.74 Å². The zero-order chi connectivity index (χ0) is 14.5. The molecule has 20 heavy (non-hydrogen) atoms. The standard InChI is InChI=1S/C16H24N2O2/c1-17(10-13-5-4-6-15(9-13)20-3)11-14-7-8-16(19)18(2)12-14/h4-6,9,14H,7-8,10-12H2,1-3H3.